The number of aryl methyl sites for hydroxylation is 1. The lowest BCUT2D eigenvalue weighted by molar-refractivity contribution is 0.100. The van der Waals surface area contributed by atoms with Crippen molar-refractivity contribution in [1.82, 2.24) is 23.5 Å². The lowest BCUT2D eigenvalue weighted by Gasteiger charge is -2.15. The highest BCUT2D eigenvalue weighted by molar-refractivity contribution is 7.96. The van der Waals surface area contributed by atoms with E-state index in [4.69, 9.17) is 23.1 Å². The Bertz CT molecular complexity index is 1350. The predicted octanol–water partition coefficient (Wildman–Crippen LogP) is 2.84. The Morgan fingerprint density at radius 1 is 1.27 bits per heavy atom. The molecule has 3 heterocycles. The van der Waals surface area contributed by atoms with Crippen molar-refractivity contribution in [3.05, 3.63) is 69.4 Å². The van der Waals surface area contributed by atoms with Gasteiger partial charge in [0.05, 0.1) is 10.4 Å². The van der Waals surface area contributed by atoms with E-state index in [1.54, 1.807) is 36.5 Å². The smallest absolute Gasteiger partial charge is 0.260 e. The van der Waals surface area contributed by atoms with Crippen LogP contribution in [0.3, 0.4) is 0 Å². The number of nitrogens with zero attached hydrogens (tertiary/aromatic N) is 5. The molecule has 0 spiro atoms. The zero-order valence-electron chi connectivity index (χ0n) is 18.7. The SMILES string of the molecule is CCc1cc2cccc(Cl)c2c(=O)n1CCSN(C)C.NC(=O)c1c(N)nn2cccnc12. The molecular weight excluding hydrogens is 462 g/mol. The second kappa shape index (κ2) is 10.7. The number of hydrogen-bond acceptors (Lipinski definition) is 7. The molecule has 0 saturated heterocycles. The molecular formula is C22H26ClN7O2S. The summed E-state index contributed by atoms with van der Waals surface area (Å²) in [5, 5.41) is 5.95. The number of rotatable bonds is 6. The van der Waals surface area contributed by atoms with Crippen LogP contribution in [0.15, 0.2) is 47.5 Å². The van der Waals surface area contributed by atoms with Crippen molar-refractivity contribution < 1.29 is 4.79 Å². The zero-order chi connectivity index (χ0) is 24.1. The van der Waals surface area contributed by atoms with Crippen LogP contribution in [-0.4, -0.2) is 49.2 Å². The predicted molar refractivity (Wildman–Crippen MR) is 135 cm³/mol. The van der Waals surface area contributed by atoms with Gasteiger partial charge in [0, 0.05) is 30.4 Å². The third-order valence-electron chi connectivity index (χ3n) is 4.87. The second-order valence-electron chi connectivity index (χ2n) is 7.31. The van der Waals surface area contributed by atoms with E-state index in [2.05, 4.69) is 23.1 Å². The molecule has 0 aliphatic rings. The molecule has 0 aliphatic heterocycles. The molecule has 4 aromatic rings. The molecule has 9 nitrogen and oxygen atoms in total. The first-order chi connectivity index (χ1) is 15.7. The number of benzene rings is 1. The Labute approximate surface area is 200 Å². The first kappa shape index (κ1) is 24.6. The minimum Gasteiger partial charge on any atom is -0.381 e. The van der Waals surface area contributed by atoms with Crippen LogP contribution in [-0.2, 0) is 13.0 Å². The van der Waals surface area contributed by atoms with Crippen LogP contribution < -0.4 is 17.0 Å². The van der Waals surface area contributed by atoms with Crippen molar-refractivity contribution in [3.8, 4) is 0 Å². The molecule has 0 unspecified atom stereocenters. The first-order valence-corrected chi connectivity index (χ1v) is 11.6. The van der Waals surface area contributed by atoms with Crippen molar-refractivity contribution >= 4 is 51.7 Å². The Balaban J connectivity index is 0.000000203. The minimum atomic E-state index is -0.619. The summed E-state index contributed by atoms with van der Waals surface area (Å²) in [6.07, 6.45) is 4.03. The van der Waals surface area contributed by atoms with Gasteiger partial charge in [-0.05, 0) is 44.1 Å². The molecule has 0 aliphatic carbocycles. The molecule has 174 valence electrons. The summed E-state index contributed by atoms with van der Waals surface area (Å²) in [4.78, 5) is 27.5. The number of fused-ring (bicyclic) bond motifs is 2. The van der Waals surface area contributed by atoms with Gasteiger partial charge in [-0.2, -0.15) is 0 Å². The normalized spacial score (nSPS) is 11.1. The number of amides is 1. The van der Waals surface area contributed by atoms with Crippen LogP contribution >= 0.6 is 23.5 Å². The van der Waals surface area contributed by atoms with E-state index in [1.165, 1.54) is 4.52 Å². The highest BCUT2D eigenvalue weighted by atomic mass is 35.5. The summed E-state index contributed by atoms with van der Waals surface area (Å²) in [6.45, 7) is 2.77. The fourth-order valence-corrected chi connectivity index (χ4v) is 4.29. The van der Waals surface area contributed by atoms with E-state index >= 15 is 0 Å². The fraction of sp³-hybridized carbons (Fsp3) is 0.273. The topological polar surface area (TPSA) is 125 Å². The van der Waals surface area contributed by atoms with Gasteiger partial charge in [-0.3, -0.25) is 13.9 Å². The maximum Gasteiger partial charge on any atom is 0.260 e. The molecule has 3 aromatic heterocycles. The third kappa shape index (κ3) is 5.47. The van der Waals surface area contributed by atoms with E-state index in [-0.39, 0.29) is 16.9 Å². The molecule has 0 saturated carbocycles. The van der Waals surface area contributed by atoms with E-state index in [1.807, 2.05) is 35.1 Å². The number of carbonyl (C=O) groups is 1. The van der Waals surface area contributed by atoms with Crippen LogP contribution in [0, 0.1) is 0 Å². The second-order valence-corrected chi connectivity index (χ2v) is 9.11. The summed E-state index contributed by atoms with van der Waals surface area (Å²) in [6, 6.07) is 9.36. The van der Waals surface area contributed by atoms with E-state index in [0.717, 1.165) is 23.3 Å². The number of nitrogens with two attached hydrogens (primary N) is 2. The monoisotopic (exact) mass is 487 g/mol. The molecule has 4 rings (SSSR count). The van der Waals surface area contributed by atoms with Crippen LogP contribution in [0.25, 0.3) is 16.4 Å². The van der Waals surface area contributed by atoms with Gasteiger partial charge >= 0.3 is 0 Å². The van der Waals surface area contributed by atoms with Gasteiger partial charge in [0.25, 0.3) is 11.5 Å². The van der Waals surface area contributed by atoms with Crippen molar-refractivity contribution in [3.63, 3.8) is 0 Å². The molecule has 1 aromatic carbocycles. The summed E-state index contributed by atoms with van der Waals surface area (Å²) < 4.78 is 5.31. The van der Waals surface area contributed by atoms with Gasteiger partial charge in [-0.25, -0.2) is 9.50 Å². The maximum atomic E-state index is 12.7. The van der Waals surface area contributed by atoms with Crippen molar-refractivity contribution in [2.45, 2.75) is 19.9 Å². The number of nitrogen functional groups attached to an aromatic ring is 1. The number of anilines is 1. The molecule has 11 heteroatoms. The quantitative estimate of drug-likeness (QED) is 0.400. The van der Waals surface area contributed by atoms with Gasteiger partial charge in [0.1, 0.15) is 5.56 Å². The standard InChI is InChI=1S/C15H19ClN2OS.C7H7N5O/c1-4-12-10-11-6-5-7-13(16)14(11)15(19)18(12)8-9-20-17(2)3;8-5-4(6(9)13)7-10-2-1-3-12(7)11-5/h5-7,10H,4,8-9H2,1-3H3;1-3H,(H2,8,11)(H2,9,13). The highest BCUT2D eigenvalue weighted by Crippen LogP contribution is 2.21. The molecule has 0 fully saturated rings. The summed E-state index contributed by atoms with van der Waals surface area (Å²) in [5.74, 6) is 0.355. The molecule has 1 amide bonds. The molecule has 4 N–H and O–H groups in total. The molecule has 33 heavy (non-hydrogen) atoms. The number of primary amides is 1. The van der Waals surface area contributed by atoms with Crippen LogP contribution in [0.1, 0.15) is 23.0 Å². The number of hydrogen-bond donors (Lipinski definition) is 2. The van der Waals surface area contributed by atoms with Crippen molar-refractivity contribution in [2.75, 3.05) is 25.6 Å². The molecule has 0 atom stereocenters. The minimum absolute atomic E-state index is 0.0179. The van der Waals surface area contributed by atoms with Crippen LogP contribution in [0.5, 0.6) is 0 Å². The lowest BCUT2D eigenvalue weighted by atomic mass is 10.1. The Hall–Kier alpha value is -3.08. The Morgan fingerprint density at radius 3 is 2.70 bits per heavy atom. The Morgan fingerprint density at radius 2 is 2.03 bits per heavy atom. The fourth-order valence-electron chi connectivity index (χ4n) is 3.40. The number of aromatic nitrogens is 4. The largest absolute Gasteiger partial charge is 0.381 e. The van der Waals surface area contributed by atoms with Gasteiger partial charge in [0.2, 0.25) is 0 Å². The lowest BCUT2D eigenvalue weighted by Crippen LogP contribution is -2.25. The Kier molecular flexibility index (Phi) is 7.96. The van der Waals surface area contributed by atoms with Gasteiger partial charge in [0.15, 0.2) is 11.5 Å². The number of carbonyl (C=O) groups excluding carboxylic acids is 1. The summed E-state index contributed by atoms with van der Waals surface area (Å²) in [5.41, 5.74) is 12.2. The van der Waals surface area contributed by atoms with Crippen molar-refractivity contribution in [1.29, 1.82) is 0 Å². The average Bonchev–Trinajstić information content (AvgIpc) is 3.11. The summed E-state index contributed by atoms with van der Waals surface area (Å²) in [7, 11) is 4.01. The van der Waals surface area contributed by atoms with E-state index in [9.17, 15) is 9.59 Å². The first-order valence-electron chi connectivity index (χ1n) is 10.2. The average molecular weight is 488 g/mol. The molecule has 0 bridgehead atoms. The van der Waals surface area contributed by atoms with Crippen molar-refractivity contribution in [2.24, 2.45) is 5.73 Å². The van der Waals surface area contributed by atoms with Gasteiger partial charge < -0.3 is 16.0 Å². The van der Waals surface area contributed by atoms with Crippen LogP contribution in [0.4, 0.5) is 5.82 Å². The number of halogens is 1. The molecule has 0 radical (unpaired) electrons. The van der Waals surface area contributed by atoms with Crippen LogP contribution in [0.2, 0.25) is 5.02 Å². The highest BCUT2D eigenvalue weighted by Gasteiger charge is 2.15. The van der Waals surface area contributed by atoms with Gasteiger partial charge in [-0.15, -0.1) is 5.10 Å². The zero-order valence-corrected chi connectivity index (χ0v) is 20.2. The maximum absolute atomic E-state index is 12.7. The third-order valence-corrected chi connectivity index (χ3v) is 6.07. The van der Waals surface area contributed by atoms with Gasteiger partial charge in [-0.1, -0.05) is 42.6 Å². The number of pyridine rings is 1. The summed E-state index contributed by atoms with van der Waals surface area (Å²) >= 11 is 7.89. The van der Waals surface area contributed by atoms with E-state index < -0.39 is 5.91 Å². The van der Waals surface area contributed by atoms with E-state index in [0.29, 0.717) is 22.6 Å².